The summed E-state index contributed by atoms with van der Waals surface area (Å²) in [6, 6.07) is 7.54. The lowest BCUT2D eigenvalue weighted by Crippen LogP contribution is -2.24. The Hall–Kier alpha value is -1.62. The molecule has 0 heterocycles. The molecule has 0 spiro atoms. The first-order chi connectivity index (χ1) is 7.50. The van der Waals surface area contributed by atoms with Gasteiger partial charge >= 0.3 is 0 Å². The molecule has 0 atom stereocenters. The van der Waals surface area contributed by atoms with Crippen LogP contribution in [0.3, 0.4) is 0 Å². The predicted octanol–water partition coefficient (Wildman–Crippen LogP) is 0.632. The maximum absolute atomic E-state index is 10.6. The lowest BCUT2D eigenvalue weighted by atomic mass is 10.2. The summed E-state index contributed by atoms with van der Waals surface area (Å²) in [5.41, 5.74) is 12.4. The monoisotopic (exact) mass is 237 g/mol. The standard InChI is InChI=1S/C11H15N3OS/c1-14(7-6-10(12)15)9-4-2-8(3-5-9)11(13)16/h2-5H,6-7H2,1H3,(H2,12,15)(H2,13,16). The highest BCUT2D eigenvalue weighted by molar-refractivity contribution is 7.80. The number of primary amides is 1. The maximum Gasteiger partial charge on any atom is 0.219 e. The van der Waals surface area contributed by atoms with Crippen molar-refractivity contribution >= 4 is 28.8 Å². The van der Waals surface area contributed by atoms with E-state index in [1.165, 1.54) is 0 Å². The minimum Gasteiger partial charge on any atom is -0.389 e. The molecule has 0 bridgehead atoms. The van der Waals surface area contributed by atoms with Gasteiger partial charge in [0, 0.05) is 31.3 Å². The third-order valence-corrected chi connectivity index (χ3v) is 2.52. The number of nitrogens with two attached hydrogens (primary N) is 2. The molecule has 0 saturated carbocycles. The highest BCUT2D eigenvalue weighted by Gasteiger charge is 2.03. The smallest absolute Gasteiger partial charge is 0.219 e. The van der Waals surface area contributed by atoms with E-state index in [2.05, 4.69) is 0 Å². The van der Waals surface area contributed by atoms with Crippen molar-refractivity contribution in [3.63, 3.8) is 0 Å². The first-order valence-electron chi connectivity index (χ1n) is 4.90. The summed E-state index contributed by atoms with van der Waals surface area (Å²) in [7, 11) is 1.90. The van der Waals surface area contributed by atoms with Crippen LogP contribution in [0.2, 0.25) is 0 Å². The first-order valence-corrected chi connectivity index (χ1v) is 5.31. The molecule has 0 unspecified atom stereocenters. The lowest BCUT2D eigenvalue weighted by Gasteiger charge is -2.18. The Labute approximate surface area is 100 Å². The number of thiocarbonyl (C=S) groups is 1. The van der Waals surface area contributed by atoms with Crippen molar-refractivity contribution < 1.29 is 4.79 Å². The number of carbonyl (C=O) groups is 1. The van der Waals surface area contributed by atoms with Crippen molar-refractivity contribution in [2.24, 2.45) is 11.5 Å². The summed E-state index contributed by atoms with van der Waals surface area (Å²) in [5, 5.41) is 0. The second kappa shape index (κ2) is 5.46. The molecule has 1 aromatic rings. The summed E-state index contributed by atoms with van der Waals surface area (Å²) >= 11 is 4.86. The quantitative estimate of drug-likeness (QED) is 0.737. The third-order valence-electron chi connectivity index (χ3n) is 2.29. The van der Waals surface area contributed by atoms with E-state index in [4.69, 9.17) is 23.7 Å². The van der Waals surface area contributed by atoms with Crippen molar-refractivity contribution in [2.75, 3.05) is 18.5 Å². The van der Waals surface area contributed by atoms with Gasteiger partial charge < -0.3 is 16.4 Å². The first kappa shape index (κ1) is 12.4. The average Bonchev–Trinajstić information content (AvgIpc) is 2.26. The van der Waals surface area contributed by atoms with Crippen molar-refractivity contribution in [1.29, 1.82) is 0 Å². The fourth-order valence-corrected chi connectivity index (χ4v) is 1.42. The molecule has 1 amide bonds. The number of rotatable bonds is 5. The van der Waals surface area contributed by atoms with E-state index in [0.717, 1.165) is 11.3 Å². The van der Waals surface area contributed by atoms with Crippen molar-refractivity contribution in [3.8, 4) is 0 Å². The summed E-state index contributed by atoms with van der Waals surface area (Å²) in [5.74, 6) is -0.299. The van der Waals surface area contributed by atoms with Gasteiger partial charge in [0.05, 0.1) is 0 Å². The summed E-state index contributed by atoms with van der Waals surface area (Å²) in [6.07, 6.45) is 0.341. The van der Waals surface area contributed by atoms with E-state index < -0.39 is 0 Å². The van der Waals surface area contributed by atoms with Gasteiger partial charge in [-0.05, 0) is 24.3 Å². The summed E-state index contributed by atoms with van der Waals surface area (Å²) in [6.45, 7) is 0.599. The molecule has 86 valence electrons. The third kappa shape index (κ3) is 3.51. The van der Waals surface area contributed by atoms with Gasteiger partial charge in [-0.15, -0.1) is 0 Å². The number of hydrogen-bond acceptors (Lipinski definition) is 3. The predicted molar refractivity (Wildman–Crippen MR) is 69.4 cm³/mol. The van der Waals surface area contributed by atoms with Crippen LogP contribution in [0, 0.1) is 0 Å². The normalized spacial score (nSPS) is 9.81. The molecule has 4 N–H and O–H groups in total. The van der Waals surface area contributed by atoms with Crippen LogP contribution < -0.4 is 16.4 Å². The second-order valence-electron chi connectivity index (χ2n) is 3.55. The summed E-state index contributed by atoms with van der Waals surface area (Å²) in [4.78, 5) is 13.0. The van der Waals surface area contributed by atoms with Crippen LogP contribution in [0.1, 0.15) is 12.0 Å². The lowest BCUT2D eigenvalue weighted by molar-refractivity contribution is -0.117. The molecule has 1 aromatic carbocycles. The second-order valence-corrected chi connectivity index (χ2v) is 3.99. The SMILES string of the molecule is CN(CCC(N)=O)c1ccc(C(N)=S)cc1. The molecule has 16 heavy (non-hydrogen) atoms. The largest absolute Gasteiger partial charge is 0.389 e. The number of nitrogens with zero attached hydrogens (tertiary/aromatic N) is 1. The van der Waals surface area contributed by atoms with Crippen molar-refractivity contribution in [1.82, 2.24) is 0 Å². The number of hydrogen-bond donors (Lipinski definition) is 2. The molecule has 5 heteroatoms. The molecular formula is C11H15N3OS. The van der Waals surface area contributed by atoms with E-state index in [0.29, 0.717) is 18.0 Å². The fraction of sp³-hybridized carbons (Fsp3) is 0.273. The molecule has 0 radical (unpaired) electrons. The zero-order valence-corrected chi connectivity index (χ0v) is 9.96. The Morgan fingerprint density at radius 2 is 1.88 bits per heavy atom. The van der Waals surface area contributed by atoms with Crippen LogP contribution >= 0.6 is 12.2 Å². The molecule has 1 rings (SSSR count). The van der Waals surface area contributed by atoms with Gasteiger partial charge in [-0.2, -0.15) is 0 Å². The molecular weight excluding hydrogens is 222 g/mol. The highest BCUT2D eigenvalue weighted by Crippen LogP contribution is 2.13. The van der Waals surface area contributed by atoms with Crippen LogP contribution in [-0.2, 0) is 4.79 Å². The fourth-order valence-electron chi connectivity index (χ4n) is 1.29. The van der Waals surface area contributed by atoms with E-state index in [1.54, 1.807) is 0 Å². The molecule has 4 nitrogen and oxygen atoms in total. The zero-order valence-electron chi connectivity index (χ0n) is 9.14. The molecule has 0 aliphatic carbocycles. The van der Waals surface area contributed by atoms with Crippen LogP contribution in [0.4, 0.5) is 5.69 Å². The van der Waals surface area contributed by atoms with Crippen molar-refractivity contribution in [3.05, 3.63) is 29.8 Å². The number of amides is 1. The van der Waals surface area contributed by atoms with Crippen LogP contribution in [0.15, 0.2) is 24.3 Å². The van der Waals surface area contributed by atoms with Gasteiger partial charge in [0.25, 0.3) is 0 Å². The zero-order chi connectivity index (χ0) is 12.1. The van der Waals surface area contributed by atoms with E-state index in [1.807, 2.05) is 36.2 Å². The Morgan fingerprint density at radius 3 is 2.31 bits per heavy atom. The summed E-state index contributed by atoms with van der Waals surface area (Å²) < 4.78 is 0. The highest BCUT2D eigenvalue weighted by atomic mass is 32.1. The minimum atomic E-state index is -0.299. The van der Waals surface area contributed by atoms with Gasteiger partial charge in [-0.3, -0.25) is 4.79 Å². The van der Waals surface area contributed by atoms with Gasteiger partial charge in [0.15, 0.2) is 0 Å². The Morgan fingerprint density at radius 1 is 1.31 bits per heavy atom. The molecule has 0 aliphatic rings. The van der Waals surface area contributed by atoms with Gasteiger partial charge in [-0.1, -0.05) is 12.2 Å². The number of anilines is 1. The van der Waals surface area contributed by atoms with E-state index in [-0.39, 0.29) is 5.91 Å². The molecule has 0 saturated heterocycles. The maximum atomic E-state index is 10.6. The molecule has 0 aliphatic heterocycles. The van der Waals surface area contributed by atoms with Crippen LogP contribution in [0.25, 0.3) is 0 Å². The van der Waals surface area contributed by atoms with Gasteiger partial charge in [-0.25, -0.2) is 0 Å². The Bertz CT molecular complexity index is 389. The van der Waals surface area contributed by atoms with Gasteiger partial charge in [0.2, 0.25) is 5.91 Å². The van der Waals surface area contributed by atoms with E-state index >= 15 is 0 Å². The van der Waals surface area contributed by atoms with Crippen LogP contribution in [0.5, 0.6) is 0 Å². The van der Waals surface area contributed by atoms with Gasteiger partial charge in [0.1, 0.15) is 4.99 Å². The molecule has 0 aromatic heterocycles. The Balaban J connectivity index is 2.66. The minimum absolute atomic E-state index is 0.299. The van der Waals surface area contributed by atoms with Crippen molar-refractivity contribution in [2.45, 2.75) is 6.42 Å². The molecule has 0 fully saturated rings. The van der Waals surface area contributed by atoms with Crippen LogP contribution in [-0.4, -0.2) is 24.5 Å². The average molecular weight is 237 g/mol. The number of benzene rings is 1. The Kier molecular flexibility index (Phi) is 4.25. The number of carbonyl (C=O) groups excluding carboxylic acids is 1. The van der Waals surface area contributed by atoms with E-state index in [9.17, 15) is 4.79 Å². The topological polar surface area (TPSA) is 72.3 Å².